The van der Waals surface area contributed by atoms with Crippen LogP contribution in [0.2, 0.25) is 0 Å². The van der Waals surface area contributed by atoms with Crippen LogP contribution in [-0.2, 0) is 10.5 Å². The molecule has 1 aliphatic rings. The van der Waals surface area contributed by atoms with Crippen LogP contribution in [0.25, 0.3) is 17.3 Å². The topological polar surface area (TPSA) is 98.3 Å². The Morgan fingerprint density at radius 3 is 2.76 bits per heavy atom. The van der Waals surface area contributed by atoms with Crippen molar-refractivity contribution in [1.29, 1.82) is 0 Å². The van der Waals surface area contributed by atoms with Crippen molar-refractivity contribution in [2.45, 2.75) is 10.9 Å². The molecule has 1 saturated heterocycles. The van der Waals surface area contributed by atoms with E-state index in [1.54, 1.807) is 11.6 Å². The minimum absolute atomic E-state index is 0.145. The zero-order chi connectivity index (χ0) is 23.2. The summed E-state index contributed by atoms with van der Waals surface area (Å²) in [7, 11) is 0. The minimum Gasteiger partial charge on any atom is -0.461 e. The number of hydrogen-bond acceptors (Lipinski definition) is 9. The van der Waals surface area contributed by atoms with Crippen LogP contribution in [0, 0.1) is 0 Å². The highest BCUT2D eigenvalue weighted by Gasteiger charge is 2.19. The van der Waals surface area contributed by atoms with Gasteiger partial charge in [-0.15, -0.1) is 21.5 Å². The van der Waals surface area contributed by atoms with E-state index in [9.17, 15) is 4.79 Å². The molecule has 176 valence electrons. The van der Waals surface area contributed by atoms with Gasteiger partial charge in [0.1, 0.15) is 10.7 Å². The summed E-state index contributed by atoms with van der Waals surface area (Å²) < 4.78 is 12.9. The third-order valence-electron chi connectivity index (χ3n) is 5.32. The van der Waals surface area contributed by atoms with Crippen molar-refractivity contribution < 1.29 is 13.9 Å². The number of ether oxygens (including phenoxy) is 1. The molecule has 11 heteroatoms. The highest BCUT2D eigenvalue weighted by molar-refractivity contribution is 7.98. The maximum absolute atomic E-state index is 12.5. The number of hydrogen-bond donors (Lipinski definition) is 1. The van der Waals surface area contributed by atoms with Crippen molar-refractivity contribution in [3.05, 3.63) is 64.8 Å². The number of morpholine rings is 1. The molecule has 1 N–H and O–H groups in total. The lowest BCUT2D eigenvalue weighted by Gasteiger charge is -2.26. The fourth-order valence-electron chi connectivity index (χ4n) is 3.59. The Balaban J connectivity index is 1.22. The fraction of sp³-hybridized carbons (Fsp3) is 0.304. The van der Waals surface area contributed by atoms with E-state index >= 15 is 0 Å². The molecule has 0 spiro atoms. The van der Waals surface area contributed by atoms with Gasteiger partial charge in [-0.3, -0.25) is 14.3 Å². The number of thiazole rings is 1. The summed E-state index contributed by atoms with van der Waals surface area (Å²) >= 11 is 2.99. The van der Waals surface area contributed by atoms with Crippen molar-refractivity contribution in [2.24, 2.45) is 0 Å². The van der Waals surface area contributed by atoms with Gasteiger partial charge >= 0.3 is 0 Å². The Morgan fingerprint density at radius 2 is 1.97 bits per heavy atom. The minimum atomic E-state index is -0.145. The third-order valence-corrected chi connectivity index (χ3v) is 7.29. The second kappa shape index (κ2) is 11.0. The molecule has 5 rings (SSSR count). The van der Waals surface area contributed by atoms with E-state index in [1.165, 1.54) is 23.1 Å². The summed E-state index contributed by atoms with van der Waals surface area (Å²) in [5.74, 6) is 1.72. The first-order valence-corrected chi connectivity index (χ1v) is 12.8. The highest BCUT2D eigenvalue weighted by atomic mass is 32.2. The monoisotopic (exact) mass is 496 g/mol. The number of nitrogens with zero attached hydrogens (tertiary/aromatic N) is 5. The zero-order valence-corrected chi connectivity index (χ0v) is 20.1. The van der Waals surface area contributed by atoms with Crippen molar-refractivity contribution in [3.8, 4) is 17.3 Å². The maximum atomic E-state index is 12.5. The number of para-hydroxylation sites is 1. The Bertz CT molecular complexity index is 1200. The lowest BCUT2D eigenvalue weighted by atomic mass is 10.3. The first-order valence-electron chi connectivity index (χ1n) is 11.0. The van der Waals surface area contributed by atoms with Crippen LogP contribution in [0.4, 0.5) is 0 Å². The molecule has 34 heavy (non-hydrogen) atoms. The van der Waals surface area contributed by atoms with Gasteiger partial charge < -0.3 is 14.5 Å². The first-order chi connectivity index (χ1) is 16.8. The predicted octanol–water partition coefficient (Wildman–Crippen LogP) is 3.34. The smallest absolute Gasteiger partial charge is 0.270 e. The summed E-state index contributed by atoms with van der Waals surface area (Å²) in [4.78, 5) is 19.3. The van der Waals surface area contributed by atoms with Gasteiger partial charge in [0.05, 0.1) is 25.2 Å². The normalized spacial score (nSPS) is 14.4. The molecule has 1 aromatic carbocycles. The molecule has 4 aromatic rings. The Kier molecular flexibility index (Phi) is 7.34. The van der Waals surface area contributed by atoms with Gasteiger partial charge in [-0.25, -0.2) is 4.98 Å². The van der Waals surface area contributed by atoms with E-state index < -0.39 is 0 Å². The van der Waals surface area contributed by atoms with Crippen LogP contribution in [0.15, 0.2) is 63.7 Å². The molecule has 0 aliphatic carbocycles. The van der Waals surface area contributed by atoms with Crippen LogP contribution in [0.1, 0.15) is 15.5 Å². The number of nitrogens with one attached hydrogen (secondary N) is 1. The lowest BCUT2D eigenvalue weighted by Crippen LogP contribution is -2.41. The van der Waals surface area contributed by atoms with E-state index in [1.807, 2.05) is 47.0 Å². The number of rotatable bonds is 9. The summed E-state index contributed by atoms with van der Waals surface area (Å²) in [6.45, 7) is 4.72. The molecule has 0 bridgehead atoms. The van der Waals surface area contributed by atoms with Gasteiger partial charge in [0.2, 0.25) is 5.82 Å². The van der Waals surface area contributed by atoms with E-state index in [4.69, 9.17) is 9.15 Å². The van der Waals surface area contributed by atoms with Crippen molar-refractivity contribution in [3.63, 3.8) is 0 Å². The van der Waals surface area contributed by atoms with Crippen molar-refractivity contribution in [1.82, 2.24) is 30.0 Å². The molecule has 1 amide bonds. The zero-order valence-electron chi connectivity index (χ0n) is 18.4. The Hall–Kier alpha value is -2.99. The number of aromatic nitrogens is 4. The molecule has 1 fully saturated rings. The third kappa shape index (κ3) is 5.39. The average Bonchev–Trinajstić information content (AvgIpc) is 3.65. The standard InChI is InChI=1S/C23H24N6O3S2/c30-22(24-8-9-28-10-13-31-14-11-28)18-15-33-20(25-18)16-34-23-27-26-21(19-7-4-12-32-19)29(23)17-5-2-1-3-6-17/h1-7,12,15H,8-11,13-14,16H2,(H,24,30). The number of furan rings is 1. The molecule has 0 atom stereocenters. The number of amides is 1. The second-order valence-electron chi connectivity index (χ2n) is 7.58. The molecule has 3 aromatic heterocycles. The van der Waals surface area contributed by atoms with E-state index in [2.05, 4.69) is 25.4 Å². The van der Waals surface area contributed by atoms with E-state index in [-0.39, 0.29) is 5.91 Å². The van der Waals surface area contributed by atoms with Crippen LogP contribution >= 0.6 is 23.1 Å². The quantitative estimate of drug-likeness (QED) is 0.353. The summed E-state index contributed by atoms with van der Waals surface area (Å²) in [6.07, 6.45) is 1.62. The van der Waals surface area contributed by atoms with Crippen LogP contribution in [-0.4, -0.2) is 69.9 Å². The molecule has 0 saturated carbocycles. The van der Waals surface area contributed by atoms with Crippen molar-refractivity contribution in [2.75, 3.05) is 39.4 Å². The molecule has 4 heterocycles. The summed E-state index contributed by atoms with van der Waals surface area (Å²) in [5.41, 5.74) is 1.39. The summed E-state index contributed by atoms with van der Waals surface area (Å²) in [6, 6.07) is 13.6. The lowest BCUT2D eigenvalue weighted by molar-refractivity contribution is 0.0383. The molecule has 0 radical (unpaired) electrons. The largest absolute Gasteiger partial charge is 0.461 e. The van der Waals surface area contributed by atoms with Gasteiger partial charge in [-0.05, 0) is 24.3 Å². The number of thioether (sulfide) groups is 1. The number of carbonyl (C=O) groups is 1. The van der Waals surface area contributed by atoms with Crippen LogP contribution in [0.3, 0.4) is 0 Å². The maximum Gasteiger partial charge on any atom is 0.270 e. The van der Waals surface area contributed by atoms with E-state index in [0.717, 1.165) is 48.7 Å². The van der Waals surface area contributed by atoms with Crippen LogP contribution < -0.4 is 5.32 Å². The Morgan fingerprint density at radius 1 is 1.12 bits per heavy atom. The molecule has 0 unspecified atom stereocenters. The molecule has 1 aliphatic heterocycles. The van der Waals surface area contributed by atoms with E-state index in [0.29, 0.717) is 29.6 Å². The van der Waals surface area contributed by atoms with Gasteiger partial charge in [0, 0.05) is 37.2 Å². The van der Waals surface area contributed by atoms with Gasteiger partial charge in [0.15, 0.2) is 10.9 Å². The first kappa shape index (κ1) is 22.8. The molecular weight excluding hydrogens is 472 g/mol. The summed E-state index contributed by atoms with van der Waals surface area (Å²) in [5, 5.41) is 15.1. The van der Waals surface area contributed by atoms with Crippen LogP contribution in [0.5, 0.6) is 0 Å². The SMILES string of the molecule is O=C(NCCN1CCOCC1)c1csc(CSc2nnc(-c3ccco3)n2-c2ccccc2)n1. The number of carbonyl (C=O) groups excluding carboxylic acids is 1. The number of benzene rings is 1. The van der Waals surface area contributed by atoms with Gasteiger partial charge in [-0.2, -0.15) is 0 Å². The predicted molar refractivity (Wildman–Crippen MR) is 130 cm³/mol. The van der Waals surface area contributed by atoms with Gasteiger partial charge in [-0.1, -0.05) is 30.0 Å². The molecular formula is C23H24N6O3S2. The van der Waals surface area contributed by atoms with Crippen molar-refractivity contribution >= 4 is 29.0 Å². The average molecular weight is 497 g/mol. The Labute approximate surface area is 205 Å². The second-order valence-corrected chi connectivity index (χ2v) is 9.46. The molecule has 9 nitrogen and oxygen atoms in total. The highest BCUT2D eigenvalue weighted by Crippen LogP contribution is 2.30. The fourth-order valence-corrected chi connectivity index (χ4v) is 5.33. The van der Waals surface area contributed by atoms with Gasteiger partial charge in [0.25, 0.3) is 5.91 Å².